The van der Waals surface area contributed by atoms with Crippen molar-refractivity contribution < 1.29 is 19.5 Å². The minimum absolute atomic E-state index is 0.0396. The Bertz CT molecular complexity index is 940. The Kier molecular flexibility index (Phi) is 3.47. The minimum atomic E-state index is -0.478. The lowest BCUT2D eigenvalue weighted by molar-refractivity contribution is -0.110. The average molecular weight is 341 g/mol. The Balaban J connectivity index is 2.03. The smallest absolute Gasteiger partial charge is 0.278 e. The maximum absolute atomic E-state index is 13.8. The molecule has 3 N–H and O–H groups in total. The summed E-state index contributed by atoms with van der Waals surface area (Å²) in [7, 11) is 1.97. The molecule has 0 aromatic heterocycles. The van der Waals surface area contributed by atoms with Crippen LogP contribution in [0, 0.1) is 5.82 Å². The second-order valence-electron chi connectivity index (χ2n) is 6.36. The Morgan fingerprint density at radius 1 is 1.20 bits per heavy atom. The third-order valence-corrected chi connectivity index (χ3v) is 4.78. The normalized spacial score (nSPS) is 18.2. The van der Waals surface area contributed by atoms with Gasteiger partial charge in [-0.2, -0.15) is 0 Å². The highest BCUT2D eigenvalue weighted by Crippen LogP contribution is 2.42. The van der Waals surface area contributed by atoms with Gasteiger partial charge in [0.15, 0.2) is 5.71 Å². The van der Waals surface area contributed by atoms with E-state index < -0.39 is 11.7 Å². The standard InChI is InChI=1S/C18H16FN3O3/c1-22-5-4-10-11(12-6-9(19)2-3-15(12)23)7-13-16(14(10)8-22)20-18(24)17(13)21-25/h2-3,6-7,23,25H,4-5,8H2,1H3,(H,20,21,24). The molecule has 0 bridgehead atoms. The molecule has 128 valence electrons. The summed E-state index contributed by atoms with van der Waals surface area (Å²) in [5, 5.41) is 25.3. The second-order valence-corrected chi connectivity index (χ2v) is 6.36. The van der Waals surface area contributed by atoms with Crippen LogP contribution in [0.1, 0.15) is 16.7 Å². The summed E-state index contributed by atoms with van der Waals surface area (Å²) < 4.78 is 13.8. The summed E-state index contributed by atoms with van der Waals surface area (Å²) in [6.45, 7) is 1.41. The molecule has 0 atom stereocenters. The van der Waals surface area contributed by atoms with Crippen molar-refractivity contribution in [3.63, 3.8) is 0 Å². The van der Waals surface area contributed by atoms with E-state index in [4.69, 9.17) is 0 Å². The van der Waals surface area contributed by atoms with Crippen LogP contribution in [-0.2, 0) is 17.8 Å². The molecule has 0 fully saturated rings. The molecule has 2 aromatic carbocycles. The fourth-order valence-electron chi connectivity index (χ4n) is 3.58. The number of carbonyl (C=O) groups excluding carboxylic acids is 1. The largest absolute Gasteiger partial charge is 0.507 e. The highest BCUT2D eigenvalue weighted by Gasteiger charge is 2.33. The number of halogens is 1. The first-order valence-corrected chi connectivity index (χ1v) is 7.89. The minimum Gasteiger partial charge on any atom is -0.507 e. The predicted octanol–water partition coefficient (Wildman–Crippen LogP) is 2.32. The van der Waals surface area contributed by atoms with E-state index in [1.54, 1.807) is 6.07 Å². The highest BCUT2D eigenvalue weighted by atomic mass is 19.1. The Morgan fingerprint density at radius 3 is 2.76 bits per heavy atom. The summed E-state index contributed by atoms with van der Waals surface area (Å²) in [6.07, 6.45) is 0.700. The quantitative estimate of drug-likeness (QED) is 0.549. The van der Waals surface area contributed by atoms with Gasteiger partial charge in [-0.05, 0) is 54.4 Å². The van der Waals surface area contributed by atoms with E-state index in [0.717, 1.165) is 17.7 Å². The summed E-state index contributed by atoms with van der Waals surface area (Å²) in [4.78, 5) is 14.2. The number of aromatic hydroxyl groups is 1. The number of carbonyl (C=O) groups is 1. The molecule has 2 aromatic rings. The van der Waals surface area contributed by atoms with Crippen LogP contribution in [0.5, 0.6) is 5.75 Å². The number of nitrogens with one attached hydrogen (secondary N) is 1. The second kappa shape index (κ2) is 5.56. The lowest BCUT2D eigenvalue weighted by Gasteiger charge is -2.29. The summed E-state index contributed by atoms with van der Waals surface area (Å²) in [6, 6.07) is 5.46. The van der Waals surface area contributed by atoms with Crippen molar-refractivity contribution in [1.82, 2.24) is 4.90 Å². The third-order valence-electron chi connectivity index (χ3n) is 4.78. The first-order chi connectivity index (χ1) is 12.0. The number of fused-ring (bicyclic) bond motifs is 3. The lowest BCUT2D eigenvalue weighted by Crippen LogP contribution is -2.27. The number of hydrogen-bond donors (Lipinski definition) is 3. The number of rotatable bonds is 1. The molecule has 2 aliphatic rings. The number of phenols is 1. The van der Waals surface area contributed by atoms with Crippen LogP contribution in [0.15, 0.2) is 29.4 Å². The fourth-order valence-corrected chi connectivity index (χ4v) is 3.58. The van der Waals surface area contributed by atoms with E-state index in [2.05, 4.69) is 15.4 Å². The van der Waals surface area contributed by atoms with E-state index in [1.165, 1.54) is 18.2 Å². The van der Waals surface area contributed by atoms with Crippen molar-refractivity contribution in [1.29, 1.82) is 0 Å². The molecule has 0 saturated heterocycles. The van der Waals surface area contributed by atoms with E-state index in [1.807, 2.05) is 7.05 Å². The molecule has 25 heavy (non-hydrogen) atoms. The molecule has 7 heteroatoms. The van der Waals surface area contributed by atoms with E-state index >= 15 is 0 Å². The molecule has 6 nitrogen and oxygen atoms in total. The number of phenolic OH excluding ortho intramolecular Hbond substituents is 1. The maximum Gasteiger partial charge on any atom is 0.278 e. The molecule has 2 heterocycles. The summed E-state index contributed by atoms with van der Waals surface area (Å²) in [5.41, 5.74) is 3.87. The Labute approximate surface area is 143 Å². The third kappa shape index (κ3) is 2.35. The monoisotopic (exact) mass is 341 g/mol. The topological polar surface area (TPSA) is 85.2 Å². The summed E-state index contributed by atoms with van der Waals surface area (Å²) >= 11 is 0. The van der Waals surface area contributed by atoms with E-state index in [-0.39, 0.29) is 11.5 Å². The molecule has 0 radical (unpaired) electrons. The van der Waals surface area contributed by atoms with E-state index in [0.29, 0.717) is 35.3 Å². The molecule has 2 aliphatic heterocycles. The van der Waals surface area contributed by atoms with Gasteiger partial charge >= 0.3 is 0 Å². The van der Waals surface area contributed by atoms with Crippen LogP contribution in [0.3, 0.4) is 0 Å². The van der Waals surface area contributed by atoms with Crippen molar-refractivity contribution in [2.45, 2.75) is 13.0 Å². The van der Waals surface area contributed by atoms with Gasteiger partial charge in [0.1, 0.15) is 11.6 Å². The van der Waals surface area contributed by atoms with E-state index in [9.17, 15) is 19.5 Å². The van der Waals surface area contributed by atoms with Gasteiger partial charge in [0, 0.05) is 24.2 Å². The Morgan fingerprint density at radius 2 is 2.00 bits per heavy atom. The van der Waals surface area contributed by atoms with Gasteiger partial charge in [-0.25, -0.2) is 4.39 Å². The zero-order valence-electron chi connectivity index (χ0n) is 13.5. The number of nitrogens with zero attached hydrogens (tertiary/aromatic N) is 2. The van der Waals surface area contributed by atoms with Gasteiger partial charge in [-0.3, -0.25) is 4.79 Å². The molecule has 0 saturated carbocycles. The van der Waals surface area contributed by atoms with Crippen molar-refractivity contribution in [2.24, 2.45) is 5.16 Å². The molecular formula is C18H16FN3O3. The van der Waals surface area contributed by atoms with Gasteiger partial charge < -0.3 is 20.5 Å². The van der Waals surface area contributed by atoms with Crippen molar-refractivity contribution in [3.8, 4) is 16.9 Å². The number of likely N-dealkylation sites (N-methyl/N-ethyl adjacent to an activating group) is 1. The number of hydrogen-bond acceptors (Lipinski definition) is 5. The fraction of sp³-hybridized carbons (Fsp3) is 0.222. The average Bonchev–Trinajstić information content (AvgIpc) is 2.91. The van der Waals surface area contributed by atoms with Crippen molar-refractivity contribution in [2.75, 3.05) is 18.9 Å². The molecule has 0 aliphatic carbocycles. The van der Waals surface area contributed by atoms with Gasteiger partial charge in [-0.15, -0.1) is 0 Å². The van der Waals surface area contributed by atoms with Gasteiger partial charge in [0.25, 0.3) is 5.91 Å². The van der Waals surface area contributed by atoms with Gasteiger partial charge in [0.2, 0.25) is 0 Å². The Hall–Kier alpha value is -2.93. The zero-order valence-corrected chi connectivity index (χ0v) is 13.5. The molecule has 4 rings (SSSR count). The van der Waals surface area contributed by atoms with Crippen LogP contribution in [0.25, 0.3) is 11.1 Å². The first kappa shape index (κ1) is 15.6. The highest BCUT2D eigenvalue weighted by molar-refractivity contribution is 6.54. The molecule has 0 spiro atoms. The molecular weight excluding hydrogens is 325 g/mol. The van der Waals surface area contributed by atoms with Crippen LogP contribution in [-0.4, -0.2) is 40.4 Å². The van der Waals surface area contributed by atoms with Crippen LogP contribution in [0.2, 0.25) is 0 Å². The van der Waals surface area contributed by atoms with Crippen molar-refractivity contribution in [3.05, 3.63) is 46.8 Å². The maximum atomic E-state index is 13.8. The van der Waals surface area contributed by atoms with Crippen molar-refractivity contribution >= 4 is 17.3 Å². The number of oxime groups is 1. The number of amides is 1. The SMILES string of the molecule is CN1CCc2c(-c3cc(F)ccc3O)cc3c(c2C1)NC(=O)/C3=N\O. The van der Waals surface area contributed by atoms with Crippen LogP contribution < -0.4 is 5.32 Å². The summed E-state index contributed by atoms with van der Waals surface area (Å²) in [5.74, 6) is -0.976. The predicted molar refractivity (Wildman–Crippen MR) is 90.5 cm³/mol. The van der Waals surface area contributed by atoms with Crippen LogP contribution >= 0.6 is 0 Å². The number of benzene rings is 2. The molecule has 1 amide bonds. The van der Waals surface area contributed by atoms with Gasteiger partial charge in [0.05, 0.1) is 5.69 Å². The van der Waals surface area contributed by atoms with Gasteiger partial charge in [-0.1, -0.05) is 5.16 Å². The van der Waals surface area contributed by atoms with Crippen LogP contribution in [0.4, 0.5) is 10.1 Å². The number of anilines is 1. The zero-order chi connectivity index (χ0) is 17.7. The first-order valence-electron chi connectivity index (χ1n) is 7.89. The lowest BCUT2D eigenvalue weighted by atomic mass is 9.87. The molecule has 0 unspecified atom stereocenters.